The second-order valence-electron chi connectivity index (χ2n) is 3.25. The van der Waals surface area contributed by atoms with Crippen LogP contribution in [0.3, 0.4) is 0 Å². The highest BCUT2D eigenvalue weighted by molar-refractivity contribution is 5.79. The normalized spacial score (nSPS) is 11.6. The molecular formula is C11H13FN2O2. The Hall–Kier alpha value is -1.91. The van der Waals surface area contributed by atoms with E-state index < -0.39 is 18.7 Å². The molecule has 1 rings (SSSR count). The smallest absolute Gasteiger partial charge is 0.253 e. The molecule has 1 atom stereocenters. The zero-order valence-corrected chi connectivity index (χ0v) is 8.87. The first-order valence-electron chi connectivity index (χ1n) is 4.81. The van der Waals surface area contributed by atoms with E-state index in [1.807, 2.05) is 6.07 Å². The van der Waals surface area contributed by atoms with Crippen LogP contribution in [0.15, 0.2) is 30.3 Å². The molecule has 0 fully saturated rings. The molecule has 86 valence electrons. The van der Waals surface area contributed by atoms with Crippen molar-refractivity contribution in [2.75, 3.05) is 6.67 Å². The monoisotopic (exact) mass is 224 g/mol. The number of amides is 2. The van der Waals surface area contributed by atoms with E-state index in [9.17, 15) is 14.0 Å². The maximum absolute atomic E-state index is 12.1. The zero-order valence-electron chi connectivity index (χ0n) is 8.87. The molecule has 0 bridgehead atoms. The summed E-state index contributed by atoms with van der Waals surface area (Å²) in [6.07, 6.45) is -0.693. The first kappa shape index (κ1) is 12.2. The lowest BCUT2D eigenvalue weighted by Gasteiger charge is -2.19. The molecule has 1 aromatic carbocycles. The van der Waals surface area contributed by atoms with Gasteiger partial charge in [-0.3, -0.25) is 9.59 Å². The van der Waals surface area contributed by atoms with Crippen molar-refractivity contribution < 1.29 is 14.0 Å². The quantitative estimate of drug-likeness (QED) is 0.747. The van der Waals surface area contributed by atoms with E-state index in [-0.39, 0.29) is 5.91 Å². The third-order valence-electron chi connectivity index (χ3n) is 1.91. The van der Waals surface area contributed by atoms with Gasteiger partial charge >= 0.3 is 0 Å². The Morgan fingerprint density at radius 2 is 1.88 bits per heavy atom. The van der Waals surface area contributed by atoms with Crippen LogP contribution in [0, 0.1) is 0 Å². The fourth-order valence-corrected chi connectivity index (χ4v) is 1.25. The molecule has 2 N–H and O–H groups in total. The highest BCUT2D eigenvalue weighted by atomic mass is 19.1. The third kappa shape index (κ3) is 3.68. The Labute approximate surface area is 92.8 Å². The summed E-state index contributed by atoms with van der Waals surface area (Å²) in [5.41, 5.74) is 0.694. The van der Waals surface area contributed by atoms with Gasteiger partial charge in [-0.1, -0.05) is 30.3 Å². The molecule has 4 nitrogen and oxygen atoms in total. The van der Waals surface area contributed by atoms with Crippen molar-refractivity contribution in [3.63, 3.8) is 0 Å². The van der Waals surface area contributed by atoms with Crippen LogP contribution in [0.1, 0.15) is 18.7 Å². The van der Waals surface area contributed by atoms with E-state index >= 15 is 0 Å². The van der Waals surface area contributed by atoms with Crippen molar-refractivity contribution in [3.8, 4) is 0 Å². The summed E-state index contributed by atoms with van der Waals surface area (Å²) in [5, 5.41) is 4.89. The Morgan fingerprint density at radius 3 is 2.38 bits per heavy atom. The third-order valence-corrected chi connectivity index (χ3v) is 1.91. The number of rotatable bonds is 4. The topological polar surface area (TPSA) is 58.2 Å². The number of benzene rings is 1. The number of halogens is 1. The fourth-order valence-electron chi connectivity index (χ4n) is 1.25. The lowest BCUT2D eigenvalue weighted by molar-refractivity contribution is -0.124. The van der Waals surface area contributed by atoms with Crippen LogP contribution in [0.4, 0.5) is 4.39 Å². The maximum atomic E-state index is 12.1. The van der Waals surface area contributed by atoms with Crippen molar-refractivity contribution in [1.29, 1.82) is 0 Å². The molecule has 0 radical (unpaired) electrons. The first-order chi connectivity index (χ1) is 7.63. The number of hydrogen-bond donors (Lipinski definition) is 2. The van der Waals surface area contributed by atoms with Gasteiger partial charge in [0, 0.05) is 6.92 Å². The number of nitrogens with one attached hydrogen (secondary N) is 2. The summed E-state index contributed by atoms with van der Waals surface area (Å²) in [7, 11) is 0. The molecule has 16 heavy (non-hydrogen) atoms. The highest BCUT2D eigenvalue weighted by Gasteiger charge is 2.14. The molecule has 5 heteroatoms. The predicted octanol–water partition coefficient (Wildman–Crippen LogP) is 0.907. The predicted molar refractivity (Wildman–Crippen MR) is 57.1 cm³/mol. The van der Waals surface area contributed by atoms with Gasteiger partial charge in [-0.2, -0.15) is 0 Å². The molecular weight excluding hydrogens is 211 g/mol. The minimum Gasteiger partial charge on any atom is -0.332 e. The van der Waals surface area contributed by atoms with Gasteiger partial charge in [-0.15, -0.1) is 0 Å². The van der Waals surface area contributed by atoms with Crippen LogP contribution in [-0.4, -0.2) is 18.5 Å². The van der Waals surface area contributed by atoms with Gasteiger partial charge in [0.05, 0.1) is 0 Å². The van der Waals surface area contributed by atoms with E-state index in [1.165, 1.54) is 6.92 Å². The van der Waals surface area contributed by atoms with Gasteiger partial charge in [0.25, 0.3) is 5.91 Å². The highest BCUT2D eigenvalue weighted by Crippen LogP contribution is 2.09. The minimum absolute atomic E-state index is 0.298. The standard InChI is InChI=1S/C11H13FN2O2/c1-8(15)13-11(14-10(16)7-12)9-5-3-2-4-6-9/h2-6,11H,7H2,1H3,(H,13,15)(H,14,16). The summed E-state index contributed by atoms with van der Waals surface area (Å²) in [6, 6.07) is 8.82. The van der Waals surface area contributed by atoms with Crippen molar-refractivity contribution in [2.24, 2.45) is 0 Å². The fraction of sp³-hybridized carbons (Fsp3) is 0.273. The van der Waals surface area contributed by atoms with Gasteiger partial charge in [0.2, 0.25) is 5.91 Å². The van der Waals surface area contributed by atoms with Crippen molar-refractivity contribution in [3.05, 3.63) is 35.9 Å². The van der Waals surface area contributed by atoms with E-state index in [0.29, 0.717) is 5.56 Å². The number of alkyl halides is 1. The first-order valence-corrected chi connectivity index (χ1v) is 4.81. The molecule has 0 aromatic heterocycles. The average Bonchev–Trinajstić information content (AvgIpc) is 2.28. The average molecular weight is 224 g/mol. The summed E-state index contributed by atoms with van der Waals surface area (Å²) in [4.78, 5) is 21.9. The maximum Gasteiger partial charge on any atom is 0.253 e. The van der Waals surface area contributed by atoms with Gasteiger partial charge < -0.3 is 10.6 Å². The Morgan fingerprint density at radius 1 is 1.25 bits per heavy atom. The lowest BCUT2D eigenvalue weighted by Crippen LogP contribution is -2.40. The Balaban J connectivity index is 2.79. The van der Waals surface area contributed by atoms with E-state index in [4.69, 9.17) is 0 Å². The molecule has 1 aromatic rings. The molecule has 0 saturated heterocycles. The number of carbonyl (C=O) groups is 2. The van der Waals surface area contributed by atoms with Crippen LogP contribution in [0.25, 0.3) is 0 Å². The molecule has 0 aliphatic heterocycles. The van der Waals surface area contributed by atoms with Crippen molar-refractivity contribution in [1.82, 2.24) is 10.6 Å². The van der Waals surface area contributed by atoms with E-state index in [1.54, 1.807) is 24.3 Å². The minimum atomic E-state index is -1.11. The SMILES string of the molecule is CC(=O)NC(NC(=O)CF)c1ccccc1. The summed E-state index contributed by atoms with van der Waals surface area (Å²) < 4.78 is 12.1. The lowest BCUT2D eigenvalue weighted by atomic mass is 10.1. The van der Waals surface area contributed by atoms with Crippen LogP contribution < -0.4 is 10.6 Å². The zero-order chi connectivity index (χ0) is 12.0. The summed E-state index contributed by atoms with van der Waals surface area (Å²) in [5.74, 6) is -1.06. The molecule has 0 aliphatic carbocycles. The second kappa shape index (κ2) is 5.85. The molecule has 0 aliphatic rings. The molecule has 1 unspecified atom stereocenters. The molecule has 0 spiro atoms. The second-order valence-corrected chi connectivity index (χ2v) is 3.25. The largest absolute Gasteiger partial charge is 0.332 e. The van der Waals surface area contributed by atoms with Gasteiger partial charge in [0.1, 0.15) is 6.17 Å². The van der Waals surface area contributed by atoms with Crippen LogP contribution in [0.5, 0.6) is 0 Å². The number of hydrogen-bond acceptors (Lipinski definition) is 2. The number of carbonyl (C=O) groups excluding carboxylic acids is 2. The molecule has 0 heterocycles. The van der Waals surface area contributed by atoms with Crippen LogP contribution in [-0.2, 0) is 9.59 Å². The van der Waals surface area contributed by atoms with Gasteiger partial charge in [0.15, 0.2) is 6.67 Å². The Bertz CT molecular complexity index is 368. The van der Waals surface area contributed by atoms with Crippen molar-refractivity contribution in [2.45, 2.75) is 13.1 Å². The van der Waals surface area contributed by atoms with E-state index in [0.717, 1.165) is 0 Å². The van der Waals surface area contributed by atoms with Crippen LogP contribution in [0.2, 0.25) is 0 Å². The van der Waals surface area contributed by atoms with Crippen molar-refractivity contribution >= 4 is 11.8 Å². The van der Waals surface area contributed by atoms with E-state index in [2.05, 4.69) is 10.6 Å². The summed E-state index contributed by atoms with van der Waals surface area (Å²) >= 11 is 0. The molecule has 2 amide bonds. The van der Waals surface area contributed by atoms with Gasteiger partial charge in [-0.25, -0.2) is 4.39 Å². The Kier molecular flexibility index (Phi) is 4.44. The van der Waals surface area contributed by atoms with Crippen LogP contribution >= 0.6 is 0 Å². The van der Waals surface area contributed by atoms with Gasteiger partial charge in [-0.05, 0) is 5.56 Å². The summed E-state index contributed by atoms with van der Waals surface area (Å²) in [6.45, 7) is 0.223. The molecule has 0 saturated carbocycles.